The molecule has 1 amide bonds. The van der Waals surface area contributed by atoms with Crippen molar-refractivity contribution in [1.82, 2.24) is 10.2 Å². The van der Waals surface area contributed by atoms with E-state index in [1.54, 1.807) is 23.5 Å². The van der Waals surface area contributed by atoms with Crippen LogP contribution in [0.1, 0.15) is 17.4 Å². The van der Waals surface area contributed by atoms with Gasteiger partial charge >= 0.3 is 6.61 Å². The second-order valence-corrected chi connectivity index (χ2v) is 6.77. The van der Waals surface area contributed by atoms with E-state index in [0.717, 1.165) is 12.0 Å². The molecule has 0 radical (unpaired) electrons. The van der Waals surface area contributed by atoms with E-state index in [9.17, 15) is 13.6 Å². The summed E-state index contributed by atoms with van der Waals surface area (Å²) in [6.07, 6.45) is 0.825. The molecule has 7 heteroatoms. The van der Waals surface area contributed by atoms with E-state index in [1.165, 1.54) is 17.0 Å². The number of carbonyl (C=O) groups is 1. The van der Waals surface area contributed by atoms with Gasteiger partial charge in [-0.25, -0.2) is 0 Å². The minimum atomic E-state index is -2.83. The van der Waals surface area contributed by atoms with Crippen molar-refractivity contribution in [2.75, 3.05) is 13.6 Å². The summed E-state index contributed by atoms with van der Waals surface area (Å²) in [6.45, 7) is 0.159. The molecule has 2 aromatic rings. The average molecular weight is 368 g/mol. The van der Waals surface area contributed by atoms with Crippen molar-refractivity contribution in [1.29, 1.82) is 0 Å². The molecule has 2 rings (SSSR count). The van der Waals surface area contributed by atoms with Crippen LogP contribution in [0.3, 0.4) is 0 Å². The summed E-state index contributed by atoms with van der Waals surface area (Å²) in [5, 5.41) is 4.96. The topological polar surface area (TPSA) is 41.6 Å². The minimum Gasteiger partial charge on any atom is -0.435 e. The van der Waals surface area contributed by atoms with E-state index in [2.05, 4.69) is 10.1 Å². The number of nitrogens with one attached hydrogen (secondary N) is 1. The quantitative estimate of drug-likeness (QED) is 0.736. The maximum absolute atomic E-state index is 12.2. The fourth-order valence-electron chi connectivity index (χ4n) is 2.31. The number of hydrogen-bond acceptors (Lipinski definition) is 4. The molecule has 0 saturated carbocycles. The van der Waals surface area contributed by atoms with Gasteiger partial charge < -0.3 is 10.1 Å². The smallest absolute Gasteiger partial charge is 0.387 e. The van der Waals surface area contributed by atoms with Gasteiger partial charge in [0.05, 0.1) is 6.04 Å². The number of rotatable bonds is 9. The predicted molar refractivity (Wildman–Crippen MR) is 95.0 cm³/mol. The lowest BCUT2D eigenvalue weighted by Gasteiger charge is -2.24. The number of ether oxygens (including phenoxy) is 1. The molecule has 0 aliphatic carbocycles. The lowest BCUT2D eigenvalue weighted by molar-refractivity contribution is -0.125. The van der Waals surface area contributed by atoms with Gasteiger partial charge in [-0.1, -0.05) is 18.2 Å². The molecule has 4 nitrogen and oxygen atoms in total. The Labute approximate surface area is 150 Å². The predicted octanol–water partition coefficient (Wildman–Crippen LogP) is 3.53. The van der Waals surface area contributed by atoms with Crippen LogP contribution in [0.2, 0.25) is 0 Å². The highest BCUT2D eigenvalue weighted by Gasteiger charge is 2.17. The molecule has 1 atom stereocenters. The van der Waals surface area contributed by atoms with E-state index in [-0.39, 0.29) is 17.7 Å². The highest BCUT2D eigenvalue weighted by atomic mass is 32.1. The third kappa shape index (κ3) is 6.43. The monoisotopic (exact) mass is 368 g/mol. The van der Waals surface area contributed by atoms with Crippen LogP contribution in [0.25, 0.3) is 0 Å². The molecule has 0 saturated heterocycles. The Hall–Kier alpha value is -1.99. The van der Waals surface area contributed by atoms with E-state index >= 15 is 0 Å². The van der Waals surface area contributed by atoms with Crippen molar-refractivity contribution in [3.8, 4) is 5.75 Å². The molecule has 0 aliphatic rings. The Morgan fingerprint density at radius 2 is 2.00 bits per heavy atom. The number of halogens is 2. The molecule has 1 N–H and O–H groups in total. The Bertz CT molecular complexity index is 648. The van der Waals surface area contributed by atoms with Crippen molar-refractivity contribution in [3.05, 3.63) is 52.2 Å². The maximum Gasteiger partial charge on any atom is 0.387 e. The zero-order chi connectivity index (χ0) is 18.2. The van der Waals surface area contributed by atoms with Crippen molar-refractivity contribution in [2.24, 2.45) is 0 Å². The largest absolute Gasteiger partial charge is 0.435 e. The molecule has 1 aromatic heterocycles. The number of hydrogen-bond donors (Lipinski definition) is 1. The second kappa shape index (κ2) is 9.48. The number of nitrogens with zero attached hydrogens (tertiary/aromatic N) is 1. The Morgan fingerprint density at radius 1 is 1.28 bits per heavy atom. The first-order chi connectivity index (χ1) is 12.0. The molecule has 136 valence electrons. The van der Waals surface area contributed by atoms with Crippen LogP contribution in [0.5, 0.6) is 5.75 Å². The maximum atomic E-state index is 12.2. The van der Waals surface area contributed by atoms with Crippen LogP contribution < -0.4 is 10.1 Å². The summed E-state index contributed by atoms with van der Waals surface area (Å²) in [5.41, 5.74) is 0.919. The molecular weight excluding hydrogens is 346 g/mol. The van der Waals surface area contributed by atoms with Crippen LogP contribution in [-0.4, -0.2) is 37.1 Å². The Balaban J connectivity index is 1.78. The Morgan fingerprint density at radius 3 is 2.60 bits per heavy atom. The molecule has 0 bridgehead atoms. The van der Waals surface area contributed by atoms with E-state index in [1.807, 2.05) is 36.4 Å². The van der Waals surface area contributed by atoms with Gasteiger partial charge in [0.1, 0.15) is 5.75 Å². The molecule has 1 aromatic carbocycles. The molecular formula is C18H22F2N2O2S. The van der Waals surface area contributed by atoms with Crippen molar-refractivity contribution in [2.45, 2.75) is 32.5 Å². The first kappa shape index (κ1) is 19.3. The normalized spacial score (nSPS) is 12.4. The first-order valence-corrected chi connectivity index (χ1v) is 8.87. The molecule has 0 fully saturated rings. The van der Waals surface area contributed by atoms with Crippen LogP contribution in [0, 0.1) is 0 Å². The number of thiophene rings is 1. The van der Waals surface area contributed by atoms with E-state index < -0.39 is 6.61 Å². The number of amides is 1. The number of likely N-dealkylation sites (N-methyl/N-ethyl adjacent to an activating group) is 1. The lowest BCUT2D eigenvalue weighted by Crippen LogP contribution is -2.43. The van der Waals surface area contributed by atoms with Crippen molar-refractivity contribution < 1.29 is 18.3 Å². The summed E-state index contributed by atoms with van der Waals surface area (Å²) in [4.78, 5) is 15.4. The van der Waals surface area contributed by atoms with Crippen LogP contribution >= 0.6 is 11.3 Å². The number of alkyl halides is 2. The van der Waals surface area contributed by atoms with Crippen LogP contribution in [0.15, 0.2) is 41.8 Å². The SMILES string of the molecule is CC(C(=O)NCCc1cccs1)N(C)Cc1ccc(OC(F)F)cc1. The molecule has 25 heavy (non-hydrogen) atoms. The summed E-state index contributed by atoms with van der Waals surface area (Å²) < 4.78 is 28.6. The van der Waals surface area contributed by atoms with Gasteiger partial charge in [-0.05, 0) is 49.5 Å². The van der Waals surface area contributed by atoms with Gasteiger partial charge in [0.15, 0.2) is 0 Å². The highest BCUT2D eigenvalue weighted by molar-refractivity contribution is 7.09. The minimum absolute atomic E-state index is 0.0308. The third-order valence-electron chi connectivity index (χ3n) is 3.87. The third-order valence-corrected chi connectivity index (χ3v) is 4.81. The standard InChI is InChI=1S/C18H22F2N2O2S/c1-13(17(23)21-10-9-16-4-3-11-25-16)22(2)12-14-5-7-15(8-6-14)24-18(19)20/h3-8,11,13,18H,9-10,12H2,1-2H3,(H,21,23). The van der Waals surface area contributed by atoms with Gasteiger partial charge in [0, 0.05) is 18.0 Å². The Kier molecular flexibility index (Phi) is 7.33. The molecule has 1 unspecified atom stereocenters. The van der Waals surface area contributed by atoms with Gasteiger partial charge in [-0.3, -0.25) is 9.69 Å². The van der Waals surface area contributed by atoms with Crippen LogP contribution in [-0.2, 0) is 17.8 Å². The summed E-state index contributed by atoms with van der Waals surface area (Å²) in [6, 6.07) is 10.2. The van der Waals surface area contributed by atoms with Crippen molar-refractivity contribution in [3.63, 3.8) is 0 Å². The summed E-state index contributed by atoms with van der Waals surface area (Å²) in [7, 11) is 1.85. The fourth-order valence-corrected chi connectivity index (χ4v) is 3.02. The molecule has 0 spiro atoms. The van der Waals surface area contributed by atoms with Gasteiger partial charge in [0.2, 0.25) is 5.91 Å². The number of benzene rings is 1. The fraction of sp³-hybridized carbons (Fsp3) is 0.389. The van der Waals surface area contributed by atoms with E-state index in [0.29, 0.717) is 13.1 Å². The number of carbonyl (C=O) groups excluding carboxylic acids is 1. The summed E-state index contributed by atoms with van der Waals surface area (Å²) in [5.74, 6) is 0.0949. The second-order valence-electron chi connectivity index (χ2n) is 5.73. The average Bonchev–Trinajstić information content (AvgIpc) is 3.08. The van der Waals surface area contributed by atoms with Crippen LogP contribution in [0.4, 0.5) is 8.78 Å². The van der Waals surface area contributed by atoms with Crippen molar-refractivity contribution >= 4 is 17.2 Å². The zero-order valence-electron chi connectivity index (χ0n) is 14.2. The summed E-state index contributed by atoms with van der Waals surface area (Å²) >= 11 is 1.68. The molecule has 1 heterocycles. The van der Waals surface area contributed by atoms with Gasteiger partial charge in [-0.15, -0.1) is 11.3 Å². The molecule has 0 aliphatic heterocycles. The zero-order valence-corrected chi connectivity index (χ0v) is 15.1. The first-order valence-electron chi connectivity index (χ1n) is 8.00. The lowest BCUT2D eigenvalue weighted by atomic mass is 10.2. The van der Waals surface area contributed by atoms with E-state index in [4.69, 9.17) is 0 Å². The van der Waals surface area contributed by atoms with Gasteiger partial charge in [-0.2, -0.15) is 8.78 Å². The van der Waals surface area contributed by atoms with Gasteiger partial charge in [0.25, 0.3) is 0 Å². The highest BCUT2D eigenvalue weighted by Crippen LogP contribution is 2.16.